The molecule has 9 heteroatoms. The van der Waals surface area contributed by atoms with Crippen LogP contribution in [0.2, 0.25) is 0 Å². The highest BCUT2D eigenvalue weighted by molar-refractivity contribution is 7.99. The molecule has 0 radical (unpaired) electrons. The Morgan fingerprint density at radius 3 is 2.48 bits per heavy atom. The maximum absolute atomic E-state index is 10.8. The molecule has 0 atom stereocenters. The van der Waals surface area contributed by atoms with Crippen LogP contribution in [-0.4, -0.2) is 37.9 Å². The molecule has 1 aliphatic heterocycles. The first kappa shape index (κ1) is 17.2. The van der Waals surface area contributed by atoms with Crippen molar-refractivity contribution in [2.45, 2.75) is 12.1 Å². The number of nitrogens with zero attached hydrogens (tertiary/aromatic N) is 5. The van der Waals surface area contributed by atoms with Crippen molar-refractivity contribution in [1.29, 1.82) is 0 Å². The average Bonchev–Trinajstić information content (AvgIpc) is 3.12. The van der Waals surface area contributed by atoms with Crippen molar-refractivity contribution in [2.24, 2.45) is 5.10 Å². The summed E-state index contributed by atoms with van der Waals surface area (Å²) in [6, 6.07) is 14.0. The van der Waals surface area contributed by atoms with E-state index in [0.717, 1.165) is 22.6 Å². The molecule has 2 aromatic carbocycles. The Bertz CT molecular complexity index is 1010. The van der Waals surface area contributed by atoms with Gasteiger partial charge in [-0.3, -0.25) is 10.1 Å². The average molecular weight is 381 g/mol. The van der Waals surface area contributed by atoms with Crippen molar-refractivity contribution in [3.8, 4) is 17.1 Å². The van der Waals surface area contributed by atoms with Crippen LogP contribution in [-0.2, 0) is 0 Å². The number of hydrogen-bond donors (Lipinski definition) is 0. The van der Waals surface area contributed by atoms with Gasteiger partial charge in [-0.2, -0.15) is 9.78 Å². The van der Waals surface area contributed by atoms with Gasteiger partial charge in [-0.15, -0.1) is 10.2 Å². The van der Waals surface area contributed by atoms with Crippen LogP contribution in [0.15, 0.2) is 58.8 Å². The molecule has 0 amide bonds. The Morgan fingerprint density at radius 1 is 1.11 bits per heavy atom. The van der Waals surface area contributed by atoms with Crippen molar-refractivity contribution in [2.75, 3.05) is 12.4 Å². The van der Waals surface area contributed by atoms with Gasteiger partial charge in [0.2, 0.25) is 5.16 Å². The molecule has 27 heavy (non-hydrogen) atoms. The normalized spacial score (nSPS) is 13.0. The maximum atomic E-state index is 10.8. The summed E-state index contributed by atoms with van der Waals surface area (Å²) in [6.07, 6.45) is 0. The SMILES string of the molecule is CCOc1ccc(-c2nnc3n2N=C(c2ccc([N+](=O)[O-])cc2)CS3)cc1. The molecular formula is C18H15N5O3S. The second-order valence-electron chi connectivity index (χ2n) is 5.71. The molecule has 0 saturated carbocycles. The lowest BCUT2D eigenvalue weighted by Gasteiger charge is -2.14. The zero-order valence-electron chi connectivity index (χ0n) is 14.4. The van der Waals surface area contributed by atoms with E-state index in [0.29, 0.717) is 23.3 Å². The lowest BCUT2D eigenvalue weighted by Crippen LogP contribution is -2.13. The number of nitro benzene ring substituents is 1. The third-order valence-electron chi connectivity index (χ3n) is 4.01. The second-order valence-corrected chi connectivity index (χ2v) is 6.66. The van der Waals surface area contributed by atoms with E-state index in [1.54, 1.807) is 16.8 Å². The first-order chi connectivity index (χ1) is 13.2. The fourth-order valence-electron chi connectivity index (χ4n) is 2.69. The summed E-state index contributed by atoms with van der Waals surface area (Å²) in [5, 5.41) is 24.7. The van der Waals surface area contributed by atoms with Crippen LogP contribution >= 0.6 is 11.8 Å². The fourth-order valence-corrected chi connectivity index (χ4v) is 3.53. The molecule has 1 aromatic heterocycles. The molecular weight excluding hydrogens is 366 g/mol. The van der Waals surface area contributed by atoms with Gasteiger partial charge < -0.3 is 4.74 Å². The van der Waals surface area contributed by atoms with Crippen molar-refractivity contribution in [1.82, 2.24) is 14.9 Å². The van der Waals surface area contributed by atoms with E-state index in [9.17, 15) is 10.1 Å². The number of non-ortho nitro benzene ring substituents is 1. The highest BCUT2D eigenvalue weighted by atomic mass is 32.2. The number of nitro groups is 1. The summed E-state index contributed by atoms with van der Waals surface area (Å²) < 4.78 is 7.18. The van der Waals surface area contributed by atoms with E-state index < -0.39 is 4.92 Å². The summed E-state index contributed by atoms with van der Waals surface area (Å²) in [7, 11) is 0. The van der Waals surface area contributed by atoms with Crippen LogP contribution < -0.4 is 4.74 Å². The molecule has 0 fully saturated rings. The topological polar surface area (TPSA) is 95.4 Å². The van der Waals surface area contributed by atoms with Crippen LogP contribution in [0.3, 0.4) is 0 Å². The minimum atomic E-state index is -0.414. The molecule has 0 spiro atoms. The Kier molecular flexibility index (Phi) is 4.59. The van der Waals surface area contributed by atoms with Gasteiger partial charge in [0.1, 0.15) is 5.75 Å². The molecule has 136 valence electrons. The molecule has 3 aromatic rings. The predicted molar refractivity (Wildman–Crippen MR) is 102 cm³/mol. The number of rotatable bonds is 5. The van der Waals surface area contributed by atoms with E-state index >= 15 is 0 Å². The van der Waals surface area contributed by atoms with Crippen LogP contribution in [0.25, 0.3) is 11.4 Å². The molecule has 8 nitrogen and oxygen atoms in total. The summed E-state index contributed by atoms with van der Waals surface area (Å²) in [5.41, 5.74) is 2.59. The third-order valence-corrected chi connectivity index (χ3v) is 4.94. The van der Waals surface area contributed by atoms with E-state index in [4.69, 9.17) is 4.74 Å². The van der Waals surface area contributed by atoms with Gasteiger partial charge in [0.05, 0.1) is 17.2 Å². The summed E-state index contributed by atoms with van der Waals surface area (Å²) in [4.78, 5) is 10.4. The smallest absolute Gasteiger partial charge is 0.269 e. The van der Waals surface area contributed by atoms with Crippen LogP contribution in [0.5, 0.6) is 5.75 Å². The second kappa shape index (κ2) is 7.20. The lowest BCUT2D eigenvalue weighted by atomic mass is 10.1. The summed E-state index contributed by atoms with van der Waals surface area (Å²) in [5.74, 6) is 2.06. The number of hydrogen-bond acceptors (Lipinski definition) is 7. The minimum Gasteiger partial charge on any atom is -0.494 e. The number of fused-ring (bicyclic) bond motifs is 1. The van der Waals surface area contributed by atoms with Crippen LogP contribution in [0, 0.1) is 10.1 Å². The highest BCUT2D eigenvalue weighted by Crippen LogP contribution is 2.29. The number of aromatic nitrogens is 3. The maximum Gasteiger partial charge on any atom is 0.269 e. The molecule has 0 unspecified atom stereocenters. The van der Waals surface area contributed by atoms with Crippen molar-refractivity contribution < 1.29 is 9.66 Å². The van der Waals surface area contributed by atoms with Gasteiger partial charge in [-0.05, 0) is 48.9 Å². The van der Waals surface area contributed by atoms with Crippen LogP contribution in [0.1, 0.15) is 12.5 Å². The largest absolute Gasteiger partial charge is 0.494 e. The summed E-state index contributed by atoms with van der Waals surface area (Å²) in [6.45, 7) is 2.55. The molecule has 0 N–H and O–H groups in total. The molecule has 0 bridgehead atoms. The number of ether oxygens (including phenoxy) is 1. The van der Waals surface area contributed by atoms with Crippen molar-refractivity contribution >= 4 is 23.2 Å². The number of benzene rings is 2. The van der Waals surface area contributed by atoms with E-state index in [2.05, 4.69) is 15.3 Å². The monoisotopic (exact) mass is 381 g/mol. The molecule has 4 rings (SSSR count). The summed E-state index contributed by atoms with van der Waals surface area (Å²) >= 11 is 1.53. The van der Waals surface area contributed by atoms with E-state index in [-0.39, 0.29) is 5.69 Å². The Balaban J connectivity index is 1.67. The fraction of sp³-hybridized carbons (Fsp3) is 0.167. The van der Waals surface area contributed by atoms with E-state index in [1.807, 2.05) is 31.2 Å². The molecule has 1 aliphatic rings. The Labute approximate surface area is 159 Å². The van der Waals surface area contributed by atoms with Gasteiger partial charge >= 0.3 is 0 Å². The van der Waals surface area contributed by atoms with Crippen molar-refractivity contribution in [3.05, 3.63) is 64.2 Å². The zero-order chi connectivity index (χ0) is 18.8. The predicted octanol–water partition coefficient (Wildman–Crippen LogP) is 3.61. The first-order valence-corrected chi connectivity index (χ1v) is 9.28. The van der Waals surface area contributed by atoms with Gasteiger partial charge in [0.15, 0.2) is 5.82 Å². The van der Waals surface area contributed by atoms with Gasteiger partial charge in [-0.1, -0.05) is 11.8 Å². The molecule has 0 aliphatic carbocycles. The van der Waals surface area contributed by atoms with Gasteiger partial charge in [-0.25, -0.2) is 0 Å². The Hall–Kier alpha value is -3.20. The first-order valence-electron chi connectivity index (χ1n) is 8.30. The minimum absolute atomic E-state index is 0.0582. The zero-order valence-corrected chi connectivity index (χ0v) is 15.2. The van der Waals surface area contributed by atoms with E-state index in [1.165, 1.54) is 23.9 Å². The highest BCUT2D eigenvalue weighted by Gasteiger charge is 2.21. The quantitative estimate of drug-likeness (QED) is 0.495. The van der Waals surface area contributed by atoms with Crippen molar-refractivity contribution in [3.63, 3.8) is 0 Å². The van der Waals surface area contributed by atoms with Gasteiger partial charge in [0, 0.05) is 23.4 Å². The standard InChI is InChI=1S/C18H15N5O3S/c1-2-26-15-9-5-13(6-10-15)17-19-20-18-22(17)21-16(11-27-18)12-3-7-14(8-4-12)23(24)25/h3-10H,2,11H2,1H3. The Morgan fingerprint density at radius 2 is 1.81 bits per heavy atom. The van der Waals surface area contributed by atoms with Gasteiger partial charge in [0.25, 0.3) is 5.69 Å². The molecule has 2 heterocycles. The molecule has 0 saturated heterocycles. The van der Waals surface area contributed by atoms with Crippen LogP contribution in [0.4, 0.5) is 5.69 Å². The lowest BCUT2D eigenvalue weighted by molar-refractivity contribution is -0.384. The third kappa shape index (κ3) is 3.41. The number of thioether (sulfide) groups is 1.